The second kappa shape index (κ2) is 4.94. The van der Waals surface area contributed by atoms with E-state index in [4.69, 9.17) is 11.6 Å². The number of hydrogen-bond donors (Lipinski definition) is 0. The van der Waals surface area contributed by atoms with Crippen molar-refractivity contribution in [3.8, 4) is 5.69 Å². The van der Waals surface area contributed by atoms with Crippen LogP contribution in [-0.4, -0.2) is 14.5 Å². The van der Waals surface area contributed by atoms with Gasteiger partial charge in [-0.3, -0.25) is 9.55 Å². The summed E-state index contributed by atoms with van der Waals surface area (Å²) in [5.41, 5.74) is 4.14. The minimum Gasteiger partial charge on any atom is -0.294 e. The van der Waals surface area contributed by atoms with Crippen LogP contribution < -0.4 is 0 Å². The van der Waals surface area contributed by atoms with Crippen molar-refractivity contribution in [2.75, 3.05) is 0 Å². The number of benzene rings is 1. The summed E-state index contributed by atoms with van der Waals surface area (Å²) in [4.78, 5) is 8.79. The van der Waals surface area contributed by atoms with Gasteiger partial charge in [-0.15, -0.1) is 11.6 Å². The lowest BCUT2D eigenvalue weighted by Crippen LogP contribution is -1.99. The largest absolute Gasteiger partial charge is 0.294 e. The summed E-state index contributed by atoms with van der Waals surface area (Å²) in [5.74, 6) is 1.18. The summed E-state index contributed by atoms with van der Waals surface area (Å²) in [6, 6.07) is 8.20. The Morgan fingerprint density at radius 2 is 2.11 bits per heavy atom. The summed E-state index contributed by atoms with van der Waals surface area (Å²) in [7, 11) is 0. The molecule has 2 aromatic heterocycles. The number of pyridine rings is 1. The first-order valence-corrected chi connectivity index (χ1v) is 7.16. The average Bonchev–Trinajstić information content (AvgIpc) is 2.76. The molecule has 0 spiro atoms. The molecule has 0 saturated carbocycles. The number of nitrogens with zero attached hydrogens (tertiary/aromatic N) is 3. The van der Waals surface area contributed by atoms with Crippen LogP contribution in [0.3, 0.4) is 0 Å². The standard InChI is InChI=1S/C14H11BrClN3/c1-9-2-3-13-12(4-9)18-14(6-16)19(13)11-5-10(15)7-17-8-11/h2-5,7-8H,6H2,1H3. The molecule has 0 saturated heterocycles. The number of halogens is 2. The van der Waals surface area contributed by atoms with Crippen molar-refractivity contribution < 1.29 is 0 Å². The van der Waals surface area contributed by atoms with E-state index in [9.17, 15) is 0 Å². The second-order valence-corrected chi connectivity index (χ2v) is 5.53. The van der Waals surface area contributed by atoms with Crippen LogP contribution in [0.25, 0.3) is 16.7 Å². The van der Waals surface area contributed by atoms with Crippen LogP contribution in [0.4, 0.5) is 0 Å². The number of aryl methyl sites for hydroxylation is 1. The fourth-order valence-electron chi connectivity index (χ4n) is 2.14. The topological polar surface area (TPSA) is 30.7 Å². The lowest BCUT2D eigenvalue weighted by atomic mass is 10.2. The molecule has 1 aromatic carbocycles. The van der Waals surface area contributed by atoms with Crippen molar-refractivity contribution in [1.29, 1.82) is 0 Å². The lowest BCUT2D eigenvalue weighted by Gasteiger charge is -2.07. The third kappa shape index (κ3) is 2.26. The molecule has 0 amide bonds. The van der Waals surface area contributed by atoms with Gasteiger partial charge in [0.15, 0.2) is 0 Å². The zero-order valence-electron chi connectivity index (χ0n) is 10.3. The van der Waals surface area contributed by atoms with E-state index in [0.29, 0.717) is 5.88 Å². The third-order valence-electron chi connectivity index (χ3n) is 2.95. The van der Waals surface area contributed by atoms with E-state index in [1.807, 2.05) is 16.8 Å². The molecule has 3 rings (SSSR count). The number of fused-ring (bicyclic) bond motifs is 1. The molecule has 19 heavy (non-hydrogen) atoms. The third-order valence-corrected chi connectivity index (χ3v) is 3.62. The highest BCUT2D eigenvalue weighted by molar-refractivity contribution is 9.10. The van der Waals surface area contributed by atoms with Gasteiger partial charge < -0.3 is 0 Å². The van der Waals surface area contributed by atoms with Crippen LogP contribution in [0.2, 0.25) is 0 Å². The van der Waals surface area contributed by atoms with E-state index in [1.54, 1.807) is 6.20 Å². The summed E-state index contributed by atoms with van der Waals surface area (Å²) in [6.45, 7) is 2.06. The molecule has 0 N–H and O–H groups in total. The fourth-order valence-corrected chi connectivity index (χ4v) is 2.67. The number of imidazole rings is 1. The maximum Gasteiger partial charge on any atom is 0.129 e. The molecule has 5 heteroatoms. The normalized spacial score (nSPS) is 11.1. The van der Waals surface area contributed by atoms with Crippen LogP contribution >= 0.6 is 27.5 Å². The molecular formula is C14H11BrClN3. The van der Waals surface area contributed by atoms with Crippen molar-refractivity contribution >= 4 is 38.6 Å². The summed E-state index contributed by atoms with van der Waals surface area (Å²) in [6.07, 6.45) is 3.56. The first-order valence-electron chi connectivity index (χ1n) is 5.84. The molecule has 0 unspecified atom stereocenters. The minimum absolute atomic E-state index is 0.361. The SMILES string of the molecule is Cc1ccc2c(c1)nc(CCl)n2-c1cncc(Br)c1. The maximum absolute atomic E-state index is 6.02. The maximum atomic E-state index is 6.02. The molecular weight excluding hydrogens is 326 g/mol. The summed E-state index contributed by atoms with van der Waals surface area (Å²) < 4.78 is 2.97. The Kier molecular flexibility index (Phi) is 3.29. The molecule has 2 heterocycles. The number of rotatable bonds is 2. The van der Waals surface area contributed by atoms with Gasteiger partial charge in [-0.1, -0.05) is 6.07 Å². The Labute approximate surface area is 124 Å². The van der Waals surface area contributed by atoms with Gasteiger partial charge >= 0.3 is 0 Å². The quantitative estimate of drug-likeness (QED) is 0.656. The minimum atomic E-state index is 0.361. The van der Waals surface area contributed by atoms with E-state index in [0.717, 1.165) is 27.0 Å². The molecule has 0 aliphatic rings. The number of hydrogen-bond acceptors (Lipinski definition) is 2. The Hall–Kier alpha value is -1.39. The Balaban J connectivity index is 2.32. The Bertz CT molecular complexity index is 752. The highest BCUT2D eigenvalue weighted by atomic mass is 79.9. The van der Waals surface area contributed by atoms with Crippen LogP contribution in [0, 0.1) is 6.92 Å². The smallest absolute Gasteiger partial charge is 0.129 e. The highest BCUT2D eigenvalue weighted by Gasteiger charge is 2.12. The van der Waals surface area contributed by atoms with Crippen LogP contribution in [-0.2, 0) is 5.88 Å². The van der Waals surface area contributed by atoms with Crippen molar-refractivity contribution in [3.05, 3.63) is 52.5 Å². The van der Waals surface area contributed by atoms with Gasteiger partial charge in [-0.05, 0) is 46.6 Å². The molecule has 96 valence electrons. The molecule has 0 aliphatic carbocycles. The Morgan fingerprint density at radius 3 is 2.84 bits per heavy atom. The van der Waals surface area contributed by atoms with E-state index < -0.39 is 0 Å². The van der Waals surface area contributed by atoms with Crippen molar-refractivity contribution in [2.24, 2.45) is 0 Å². The molecule has 0 radical (unpaired) electrons. The van der Waals surface area contributed by atoms with E-state index in [2.05, 4.69) is 51.0 Å². The summed E-state index contributed by atoms with van der Waals surface area (Å²) in [5, 5.41) is 0. The highest BCUT2D eigenvalue weighted by Crippen LogP contribution is 2.24. The van der Waals surface area contributed by atoms with Gasteiger partial charge in [-0.2, -0.15) is 0 Å². The number of alkyl halides is 1. The Morgan fingerprint density at radius 1 is 1.26 bits per heavy atom. The van der Waals surface area contributed by atoms with Crippen LogP contribution in [0.15, 0.2) is 41.1 Å². The predicted octanol–water partition coefficient (Wildman–Crippen LogP) is 4.23. The van der Waals surface area contributed by atoms with E-state index in [1.165, 1.54) is 5.56 Å². The van der Waals surface area contributed by atoms with Crippen LogP contribution in [0.5, 0.6) is 0 Å². The van der Waals surface area contributed by atoms with E-state index in [-0.39, 0.29) is 0 Å². The fraction of sp³-hybridized carbons (Fsp3) is 0.143. The van der Waals surface area contributed by atoms with Crippen molar-refractivity contribution in [1.82, 2.24) is 14.5 Å². The lowest BCUT2D eigenvalue weighted by molar-refractivity contribution is 0.971. The number of aromatic nitrogens is 3. The molecule has 3 aromatic rings. The van der Waals surface area contributed by atoms with Gasteiger partial charge in [0.2, 0.25) is 0 Å². The first-order chi connectivity index (χ1) is 9.19. The predicted molar refractivity (Wildman–Crippen MR) is 80.9 cm³/mol. The van der Waals surface area contributed by atoms with Gasteiger partial charge in [0.1, 0.15) is 5.82 Å². The second-order valence-electron chi connectivity index (χ2n) is 4.35. The molecule has 3 nitrogen and oxygen atoms in total. The molecule has 0 bridgehead atoms. The first kappa shape index (κ1) is 12.6. The molecule has 0 aliphatic heterocycles. The zero-order valence-corrected chi connectivity index (χ0v) is 12.6. The van der Waals surface area contributed by atoms with Gasteiger partial charge in [0, 0.05) is 10.7 Å². The molecule has 0 fully saturated rings. The molecule has 0 atom stereocenters. The van der Waals surface area contributed by atoms with Gasteiger partial charge in [0.05, 0.1) is 28.8 Å². The van der Waals surface area contributed by atoms with Crippen molar-refractivity contribution in [3.63, 3.8) is 0 Å². The monoisotopic (exact) mass is 335 g/mol. The average molecular weight is 337 g/mol. The van der Waals surface area contributed by atoms with Crippen LogP contribution in [0.1, 0.15) is 11.4 Å². The van der Waals surface area contributed by atoms with E-state index >= 15 is 0 Å². The van der Waals surface area contributed by atoms with Gasteiger partial charge in [-0.25, -0.2) is 4.98 Å². The van der Waals surface area contributed by atoms with Gasteiger partial charge in [0.25, 0.3) is 0 Å². The zero-order chi connectivity index (χ0) is 13.4. The van der Waals surface area contributed by atoms with Crippen molar-refractivity contribution in [2.45, 2.75) is 12.8 Å². The summed E-state index contributed by atoms with van der Waals surface area (Å²) >= 11 is 9.46.